The van der Waals surface area contributed by atoms with Crippen molar-refractivity contribution in [1.82, 2.24) is 9.62 Å². The zero-order valence-corrected chi connectivity index (χ0v) is 18.3. The number of halogens is 3. The molecule has 2 saturated heterocycles. The van der Waals surface area contributed by atoms with Crippen LogP contribution in [-0.4, -0.2) is 53.6 Å². The van der Waals surface area contributed by atoms with Crippen LogP contribution in [0.3, 0.4) is 0 Å². The molecule has 1 unspecified atom stereocenters. The van der Waals surface area contributed by atoms with E-state index >= 15 is 8.78 Å². The molecule has 1 N–H and O–H groups in total. The molecule has 0 aromatic heterocycles. The molecule has 5 rings (SSSR count). The number of nitrogens with zero attached hydrogens (tertiary/aromatic N) is 1. The molecule has 4 nitrogen and oxygen atoms in total. The minimum Gasteiger partial charge on any atom is -0.368 e. The molecule has 0 spiro atoms. The molecule has 2 aliphatic heterocycles. The number of hydrogen-bond acceptors (Lipinski definition) is 4. The van der Waals surface area contributed by atoms with Gasteiger partial charge in [-0.2, -0.15) is 0 Å². The molecule has 2 aromatic carbocycles. The summed E-state index contributed by atoms with van der Waals surface area (Å²) < 4.78 is 52.8. The van der Waals surface area contributed by atoms with Crippen molar-refractivity contribution in [1.29, 1.82) is 0 Å². The van der Waals surface area contributed by atoms with Crippen LogP contribution in [0.5, 0.6) is 0 Å². The fraction of sp³-hybridized carbons (Fsp3) is 0.458. The van der Waals surface area contributed by atoms with Crippen molar-refractivity contribution in [3.8, 4) is 11.1 Å². The van der Waals surface area contributed by atoms with Gasteiger partial charge in [-0.05, 0) is 42.5 Å². The Kier molecular flexibility index (Phi) is 6.18. The van der Waals surface area contributed by atoms with E-state index in [1.807, 2.05) is 0 Å². The van der Waals surface area contributed by atoms with E-state index in [9.17, 15) is 9.18 Å². The number of alkyl halides is 1. The van der Waals surface area contributed by atoms with E-state index in [2.05, 4.69) is 4.72 Å². The summed E-state index contributed by atoms with van der Waals surface area (Å²) >= 11 is 1.51. The van der Waals surface area contributed by atoms with Crippen LogP contribution in [0.1, 0.15) is 24.8 Å². The summed E-state index contributed by atoms with van der Waals surface area (Å²) in [5, 5.41) is 0.468. The summed E-state index contributed by atoms with van der Waals surface area (Å²) in [5.74, 6) is -1.14. The number of carbonyl (C=O) groups excluding carboxylic acids is 1. The highest BCUT2D eigenvalue weighted by molar-refractivity contribution is 7.98. The van der Waals surface area contributed by atoms with Gasteiger partial charge >= 0.3 is 0 Å². The van der Waals surface area contributed by atoms with Crippen LogP contribution >= 0.6 is 11.9 Å². The molecule has 1 amide bonds. The van der Waals surface area contributed by atoms with Crippen LogP contribution in [0.2, 0.25) is 0 Å². The second-order valence-electron chi connectivity index (χ2n) is 8.68. The SMILES string of the molecule is O=C(C1CCO1)N1C[C@H](F)[C@H](NSC2CC2)[C@@H]1Cc1cccc(-c2cccc(F)c2)c1F. The standard InChI is InChI=1S/C24H25F3N2O2S/c25-16-5-1-3-14(11-16)18-6-2-4-15(22(18)27)12-20-23(28-32-17-7-8-17)19(26)13-29(20)24(30)21-9-10-31-21/h1-6,11,17,19-21,23,28H,7-10,12-13H2/t19-,20-,21?,23-/m0/s1. The number of nitrogens with one attached hydrogen (secondary N) is 1. The molecule has 2 aromatic rings. The van der Waals surface area contributed by atoms with Crippen molar-refractivity contribution in [3.05, 3.63) is 59.7 Å². The van der Waals surface area contributed by atoms with E-state index in [0.29, 0.717) is 29.4 Å². The van der Waals surface area contributed by atoms with Crippen molar-refractivity contribution in [2.45, 2.75) is 55.3 Å². The molecule has 0 radical (unpaired) electrons. The Morgan fingerprint density at radius 2 is 1.94 bits per heavy atom. The van der Waals surface area contributed by atoms with Gasteiger partial charge in [0.25, 0.3) is 5.91 Å². The number of carbonyl (C=O) groups is 1. The third-order valence-electron chi connectivity index (χ3n) is 6.37. The highest BCUT2D eigenvalue weighted by atomic mass is 32.2. The number of ether oxygens (including phenoxy) is 1. The lowest BCUT2D eigenvalue weighted by molar-refractivity contribution is -0.157. The lowest BCUT2D eigenvalue weighted by atomic mass is 9.95. The molecule has 8 heteroatoms. The molecule has 170 valence electrons. The van der Waals surface area contributed by atoms with Crippen LogP contribution in [0.25, 0.3) is 11.1 Å². The second kappa shape index (κ2) is 9.08. The Labute approximate surface area is 189 Å². The number of likely N-dealkylation sites (tertiary alicyclic amines) is 1. The fourth-order valence-corrected chi connectivity index (χ4v) is 5.36. The highest BCUT2D eigenvalue weighted by Crippen LogP contribution is 2.36. The van der Waals surface area contributed by atoms with Gasteiger partial charge in [0.15, 0.2) is 0 Å². The Morgan fingerprint density at radius 1 is 1.16 bits per heavy atom. The monoisotopic (exact) mass is 462 g/mol. The lowest BCUT2D eigenvalue weighted by Gasteiger charge is -2.34. The molecule has 1 saturated carbocycles. The summed E-state index contributed by atoms with van der Waals surface area (Å²) in [6.07, 6.45) is 1.19. The summed E-state index contributed by atoms with van der Waals surface area (Å²) in [7, 11) is 0. The molecule has 1 aliphatic carbocycles. The zero-order chi connectivity index (χ0) is 22.2. The van der Waals surface area contributed by atoms with E-state index in [4.69, 9.17) is 4.74 Å². The Hall–Kier alpha value is -2.03. The van der Waals surface area contributed by atoms with Gasteiger partial charge in [-0.1, -0.05) is 42.3 Å². The summed E-state index contributed by atoms with van der Waals surface area (Å²) in [6, 6.07) is 9.62. The minimum atomic E-state index is -1.25. The molecule has 3 fully saturated rings. The van der Waals surface area contributed by atoms with Gasteiger partial charge in [-0.15, -0.1) is 0 Å². The van der Waals surface area contributed by atoms with Crippen molar-refractivity contribution >= 4 is 17.9 Å². The predicted molar refractivity (Wildman–Crippen MR) is 118 cm³/mol. The second-order valence-corrected chi connectivity index (χ2v) is 9.81. The molecule has 2 heterocycles. The summed E-state index contributed by atoms with van der Waals surface area (Å²) in [6.45, 7) is 0.495. The van der Waals surface area contributed by atoms with E-state index < -0.39 is 36.0 Å². The lowest BCUT2D eigenvalue weighted by Crippen LogP contribution is -2.51. The summed E-state index contributed by atoms with van der Waals surface area (Å²) in [4.78, 5) is 14.5. The molecular formula is C24H25F3N2O2S. The number of amides is 1. The third-order valence-corrected chi connectivity index (χ3v) is 7.58. The van der Waals surface area contributed by atoms with E-state index in [1.54, 1.807) is 24.3 Å². The Balaban J connectivity index is 1.43. The maximum atomic E-state index is 15.5. The van der Waals surface area contributed by atoms with Gasteiger partial charge < -0.3 is 9.64 Å². The average Bonchev–Trinajstić information content (AvgIpc) is 3.50. The van der Waals surface area contributed by atoms with E-state index in [0.717, 1.165) is 12.8 Å². The zero-order valence-electron chi connectivity index (χ0n) is 17.5. The van der Waals surface area contributed by atoms with Crippen molar-refractivity contribution in [3.63, 3.8) is 0 Å². The number of hydrogen-bond donors (Lipinski definition) is 1. The number of rotatable bonds is 7. The van der Waals surface area contributed by atoms with Crippen LogP contribution < -0.4 is 4.72 Å². The van der Waals surface area contributed by atoms with Gasteiger partial charge in [-0.25, -0.2) is 13.2 Å². The quantitative estimate of drug-likeness (QED) is 0.624. The van der Waals surface area contributed by atoms with Gasteiger partial charge in [0, 0.05) is 17.2 Å². The topological polar surface area (TPSA) is 41.6 Å². The average molecular weight is 463 g/mol. The highest BCUT2D eigenvalue weighted by Gasteiger charge is 2.47. The first-order chi connectivity index (χ1) is 15.5. The Morgan fingerprint density at radius 3 is 2.62 bits per heavy atom. The largest absolute Gasteiger partial charge is 0.368 e. The van der Waals surface area contributed by atoms with Gasteiger partial charge in [0.2, 0.25) is 0 Å². The number of benzene rings is 2. The first-order valence-electron chi connectivity index (χ1n) is 11.0. The minimum absolute atomic E-state index is 0.0303. The maximum absolute atomic E-state index is 15.5. The van der Waals surface area contributed by atoms with E-state index in [1.165, 1.54) is 35.0 Å². The third kappa shape index (κ3) is 4.40. The normalized spacial score (nSPS) is 27.4. The Bertz CT molecular complexity index is 999. The van der Waals surface area contributed by atoms with Crippen molar-refractivity contribution in [2.75, 3.05) is 13.2 Å². The van der Waals surface area contributed by atoms with Crippen LogP contribution in [0.15, 0.2) is 42.5 Å². The van der Waals surface area contributed by atoms with Crippen LogP contribution in [0.4, 0.5) is 13.2 Å². The summed E-state index contributed by atoms with van der Waals surface area (Å²) in [5.41, 5.74) is 1.10. The molecule has 4 atom stereocenters. The smallest absolute Gasteiger partial charge is 0.252 e. The molecule has 3 aliphatic rings. The molecule has 0 bridgehead atoms. The molecule has 32 heavy (non-hydrogen) atoms. The first kappa shape index (κ1) is 21.8. The first-order valence-corrected chi connectivity index (χ1v) is 11.9. The van der Waals surface area contributed by atoms with Gasteiger partial charge in [0.05, 0.1) is 25.2 Å². The van der Waals surface area contributed by atoms with Gasteiger partial charge in [0.1, 0.15) is 23.9 Å². The van der Waals surface area contributed by atoms with E-state index in [-0.39, 0.29) is 24.4 Å². The van der Waals surface area contributed by atoms with Crippen molar-refractivity contribution in [2.24, 2.45) is 0 Å². The van der Waals surface area contributed by atoms with Crippen LogP contribution in [-0.2, 0) is 16.0 Å². The fourth-order valence-electron chi connectivity index (χ4n) is 4.33. The molecular weight excluding hydrogens is 437 g/mol. The predicted octanol–water partition coefficient (Wildman–Crippen LogP) is 4.28. The van der Waals surface area contributed by atoms with Crippen molar-refractivity contribution < 1.29 is 22.7 Å². The van der Waals surface area contributed by atoms with Gasteiger partial charge in [-0.3, -0.25) is 9.52 Å². The van der Waals surface area contributed by atoms with Crippen LogP contribution in [0, 0.1) is 11.6 Å². The maximum Gasteiger partial charge on any atom is 0.252 e.